The molecule has 1 fully saturated rings. The highest BCUT2D eigenvalue weighted by Crippen LogP contribution is 2.23. The van der Waals surface area contributed by atoms with Crippen molar-refractivity contribution in [3.8, 4) is 5.75 Å². The maximum atomic E-state index is 13.0. The summed E-state index contributed by atoms with van der Waals surface area (Å²) in [4.78, 5) is 27.4. The molecule has 162 valence electrons. The second kappa shape index (κ2) is 9.66. The summed E-state index contributed by atoms with van der Waals surface area (Å²) in [5, 5.41) is 0.591. The Morgan fingerprint density at radius 3 is 1.90 bits per heavy atom. The van der Waals surface area contributed by atoms with Gasteiger partial charge in [-0.2, -0.15) is 0 Å². The first-order chi connectivity index (χ1) is 13.6. The van der Waals surface area contributed by atoms with Crippen molar-refractivity contribution >= 4 is 23.3 Å². The predicted octanol–water partition coefficient (Wildman–Crippen LogP) is 0.651. The summed E-state index contributed by atoms with van der Waals surface area (Å²) in [7, 11) is 4.35. The molecule has 0 bridgehead atoms. The minimum Gasteiger partial charge on any atom is -1.00 e. The Labute approximate surface area is 200 Å². The van der Waals surface area contributed by atoms with Crippen molar-refractivity contribution in [3.05, 3.63) is 64.7 Å². The van der Waals surface area contributed by atoms with E-state index in [0.29, 0.717) is 21.9 Å². The molecule has 1 amide bonds. The van der Waals surface area contributed by atoms with Crippen molar-refractivity contribution in [3.63, 3.8) is 0 Å². The highest BCUT2D eigenvalue weighted by Gasteiger charge is 2.37. The number of halogens is 2. The Hall–Kier alpha value is -1.64. The van der Waals surface area contributed by atoms with Crippen LogP contribution in [-0.4, -0.2) is 66.9 Å². The number of carbonyl (C=O) groups excluding carboxylic acids is 2. The Bertz CT molecular complexity index is 886. The first-order valence-corrected chi connectivity index (χ1v) is 10.2. The van der Waals surface area contributed by atoms with E-state index in [1.165, 1.54) is 0 Å². The molecule has 5 nitrogen and oxygen atoms in total. The topological polar surface area (TPSA) is 46.6 Å². The van der Waals surface area contributed by atoms with Crippen LogP contribution >= 0.6 is 11.6 Å². The number of amides is 1. The molecule has 0 N–H and O–H groups in total. The van der Waals surface area contributed by atoms with Gasteiger partial charge in [-0.1, -0.05) is 11.6 Å². The van der Waals surface area contributed by atoms with Gasteiger partial charge in [-0.3, -0.25) is 9.59 Å². The molecule has 0 spiro atoms. The number of piperazine rings is 1. The summed E-state index contributed by atoms with van der Waals surface area (Å²) in [6.45, 7) is 6.90. The molecular formula is C23H28ClIN2O3. The molecule has 2 aromatic carbocycles. The zero-order valence-electron chi connectivity index (χ0n) is 17.8. The van der Waals surface area contributed by atoms with E-state index < -0.39 is 5.60 Å². The largest absolute Gasteiger partial charge is 1.00 e. The van der Waals surface area contributed by atoms with E-state index in [2.05, 4.69) is 14.1 Å². The smallest absolute Gasteiger partial charge is 0.266 e. The highest BCUT2D eigenvalue weighted by molar-refractivity contribution is 6.30. The number of carbonyl (C=O) groups is 2. The molecule has 1 saturated heterocycles. The van der Waals surface area contributed by atoms with Gasteiger partial charge in [0.15, 0.2) is 11.4 Å². The van der Waals surface area contributed by atoms with Crippen LogP contribution in [0.1, 0.15) is 29.8 Å². The number of hydrogen-bond donors (Lipinski definition) is 0. The Morgan fingerprint density at radius 1 is 0.933 bits per heavy atom. The Balaban J connectivity index is 0.00000320. The molecule has 30 heavy (non-hydrogen) atoms. The van der Waals surface area contributed by atoms with Crippen LogP contribution in [0.3, 0.4) is 0 Å². The molecule has 0 unspecified atom stereocenters. The monoisotopic (exact) mass is 542 g/mol. The van der Waals surface area contributed by atoms with Crippen LogP contribution in [0.4, 0.5) is 0 Å². The average molecular weight is 543 g/mol. The maximum Gasteiger partial charge on any atom is 0.266 e. The maximum absolute atomic E-state index is 13.0. The molecule has 7 heteroatoms. The number of hydrogen-bond acceptors (Lipinski definition) is 3. The normalized spacial score (nSPS) is 15.8. The van der Waals surface area contributed by atoms with Gasteiger partial charge >= 0.3 is 0 Å². The lowest BCUT2D eigenvalue weighted by atomic mass is 10.0. The molecule has 0 radical (unpaired) electrons. The Kier molecular flexibility index (Phi) is 7.93. The first kappa shape index (κ1) is 24.6. The van der Waals surface area contributed by atoms with Crippen LogP contribution in [0.2, 0.25) is 5.02 Å². The lowest BCUT2D eigenvalue weighted by Crippen LogP contribution is -3.00. The molecule has 0 saturated carbocycles. The number of likely N-dealkylation sites (N-methyl/N-ethyl adjacent to an activating group) is 1. The average Bonchev–Trinajstić information content (AvgIpc) is 2.68. The van der Waals surface area contributed by atoms with Crippen molar-refractivity contribution in [2.45, 2.75) is 19.4 Å². The molecule has 1 aliphatic rings. The lowest BCUT2D eigenvalue weighted by Gasteiger charge is -2.41. The van der Waals surface area contributed by atoms with E-state index >= 15 is 0 Å². The fourth-order valence-electron chi connectivity index (χ4n) is 3.37. The van der Waals surface area contributed by atoms with Gasteiger partial charge in [-0.15, -0.1) is 0 Å². The van der Waals surface area contributed by atoms with Gasteiger partial charge in [-0.25, -0.2) is 0 Å². The van der Waals surface area contributed by atoms with Gasteiger partial charge in [-0.05, 0) is 62.4 Å². The van der Waals surface area contributed by atoms with Gasteiger partial charge in [0.25, 0.3) is 5.91 Å². The first-order valence-electron chi connectivity index (χ1n) is 9.78. The summed E-state index contributed by atoms with van der Waals surface area (Å²) >= 11 is 5.88. The fraction of sp³-hybridized carbons (Fsp3) is 0.391. The minimum absolute atomic E-state index is 0. The third kappa shape index (κ3) is 5.95. The quantitative estimate of drug-likeness (QED) is 0.317. The zero-order chi connectivity index (χ0) is 21.2. The van der Waals surface area contributed by atoms with Gasteiger partial charge < -0.3 is 38.1 Å². The van der Waals surface area contributed by atoms with E-state index in [0.717, 1.165) is 30.7 Å². The van der Waals surface area contributed by atoms with Crippen molar-refractivity contribution in [1.29, 1.82) is 0 Å². The summed E-state index contributed by atoms with van der Waals surface area (Å²) < 4.78 is 6.92. The van der Waals surface area contributed by atoms with E-state index in [4.69, 9.17) is 16.3 Å². The summed E-state index contributed by atoms with van der Waals surface area (Å²) in [6.07, 6.45) is 0. The van der Waals surface area contributed by atoms with Crippen LogP contribution < -0.4 is 28.7 Å². The van der Waals surface area contributed by atoms with E-state index in [9.17, 15) is 9.59 Å². The Morgan fingerprint density at radius 2 is 1.40 bits per heavy atom. The van der Waals surface area contributed by atoms with E-state index in [1.807, 2.05) is 4.90 Å². The summed E-state index contributed by atoms with van der Waals surface area (Å²) in [5.41, 5.74) is 0.153. The van der Waals surface area contributed by atoms with Crippen LogP contribution in [0.5, 0.6) is 5.75 Å². The predicted molar refractivity (Wildman–Crippen MR) is 114 cm³/mol. The zero-order valence-corrected chi connectivity index (χ0v) is 20.7. The SMILES string of the molecule is CC(C)(Oc1ccc(C(=O)c2ccc(Cl)cc2)cc1)C(=O)N1CC[N+](C)(C)CC1.[I-]. The van der Waals surface area contributed by atoms with Crippen LogP contribution in [0, 0.1) is 0 Å². The van der Waals surface area contributed by atoms with Gasteiger partial charge in [0, 0.05) is 16.1 Å². The second-order valence-corrected chi connectivity index (χ2v) is 9.08. The number of ether oxygens (including phenoxy) is 1. The highest BCUT2D eigenvalue weighted by atomic mass is 127. The fourth-order valence-corrected chi connectivity index (χ4v) is 3.50. The van der Waals surface area contributed by atoms with Crippen LogP contribution in [0.25, 0.3) is 0 Å². The van der Waals surface area contributed by atoms with Gasteiger partial charge in [0.1, 0.15) is 5.75 Å². The van der Waals surface area contributed by atoms with E-state index in [-0.39, 0.29) is 35.7 Å². The van der Waals surface area contributed by atoms with Crippen molar-refractivity contribution in [1.82, 2.24) is 4.90 Å². The number of rotatable bonds is 5. The van der Waals surface area contributed by atoms with Crippen LogP contribution in [0.15, 0.2) is 48.5 Å². The molecular weight excluding hydrogens is 515 g/mol. The number of benzene rings is 2. The van der Waals surface area contributed by atoms with Gasteiger partial charge in [0.05, 0.1) is 40.3 Å². The number of nitrogens with zero attached hydrogens (tertiary/aromatic N) is 2. The third-order valence-corrected chi connectivity index (χ3v) is 5.60. The standard InChI is InChI=1S/C23H28ClN2O3.HI/c1-23(2,22(28)25-13-15-26(3,4)16-14-25)29-20-11-7-18(8-12-20)21(27)17-5-9-19(24)10-6-17;/h5-12H,13-16H2,1-4H3;1H/q+1;/p-1. The lowest BCUT2D eigenvalue weighted by molar-refractivity contribution is -0.894. The molecule has 3 rings (SSSR count). The van der Waals surface area contributed by atoms with Crippen LogP contribution in [-0.2, 0) is 4.79 Å². The minimum atomic E-state index is -0.976. The summed E-state index contributed by atoms with van der Waals surface area (Å²) in [6, 6.07) is 13.7. The van der Waals surface area contributed by atoms with Gasteiger partial charge in [0.2, 0.25) is 0 Å². The number of quaternary nitrogens is 1. The third-order valence-electron chi connectivity index (χ3n) is 5.35. The molecule has 1 aliphatic heterocycles. The number of ketones is 1. The molecule has 0 aromatic heterocycles. The van der Waals surface area contributed by atoms with E-state index in [1.54, 1.807) is 62.4 Å². The molecule has 1 heterocycles. The second-order valence-electron chi connectivity index (χ2n) is 8.65. The van der Waals surface area contributed by atoms with Crippen molar-refractivity contribution in [2.75, 3.05) is 40.3 Å². The van der Waals surface area contributed by atoms with Crippen molar-refractivity contribution in [2.24, 2.45) is 0 Å². The molecule has 0 aliphatic carbocycles. The molecule has 0 atom stereocenters. The van der Waals surface area contributed by atoms with Crippen molar-refractivity contribution < 1.29 is 42.8 Å². The molecule has 2 aromatic rings. The summed E-state index contributed by atoms with van der Waals surface area (Å²) in [5.74, 6) is 0.459.